The lowest BCUT2D eigenvalue weighted by molar-refractivity contribution is 0.379. The number of para-hydroxylation sites is 1. The third-order valence-electron chi connectivity index (χ3n) is 4.15. The van der Waals surface area contributed by atoms with Crippen molar-refractivity contribution in [3.8, 4) is 0 Å². The fourth-order valence-electron chi connectivity index (χ4n) is 2.60. The van der Waals surface area contributed by atoms with E-state index in [0.717, 1.165) is 28.7 Å². The molecule has 0 bridgehead atoms. The van der Waals surface area contributed by atoms with E-state index in [1.54, 1.807) is 36.4 Å². The number of rotatable bonds is 6. The molecule has 0 unspecified atom stereocenters. The van der Waals surface area contributed by atoms with E-state index in [0.29, 0.717) is 23.9 Å². The Bertz CT molecular complexity index is 1030. The van der Waals surface area contributed by atoms with Crippen LogP contribution in [0.1, 0.15) is 36.0 Å². The number of hydrogen-bond acceptors (Lipinski definition) is 5. The van der Waals surface area contributed by atoms with Gasteiger partial charge in [-0.15, -0.1) is 0 Å². The van der Waals surface area contributed by atoms with Gasteiger partial charge in [0.25, 0.3) is 10.0 Å². The van der Waals surface area contributed by atoms with E-state index >= 15 is 0 Å². The maximum absolute atomic E-state index is 12.6. The lowest BCUT2D eigenvalue weighted by Crippen LogP contribution is -2.14. The van der Waals surface area contributed by atoms with Gasteiger partial charge in [0.1, 0.15) is 0 Å². The molecule has 1 saturated carbocycles. The zero-order valence-corrected chi connectivity index (χ0v) is 16.1. The summed E-state index contributed by atoms with van der Waals surface area (Å²) in [6, 6.07) is 13.7. The zero-order valence-electron chi connectivity index (χ0n) is 13.7. The smallest absolute Gasteiger partial charge is 0.261 e. The van der Waals surface area contributed by atoms with Crippen LogP contribution in [0, 0.1) is 0 Å². The van der Waals surface area contributed by atoms with E-state index < -0.39 is 10.0 Å². The molecule has 1 aliphatic rings. The van der Waals surface area contributed by atoms with E-state index in [4.69, 9.17) is 4.52 Å². The molecule has 1 heterocycles. The largest absolute Gasteiger partial charge is 0.339 e. The number of benzene rings is 2. The summed E-state index contributed by atoms with van der Waals surface area (Å²) in [5.41, 5.74) is 1.28. The van der Waals surface area contributed by atoms with Crippen LogP contribution in [0.2, 0.25) is 0 Å². The van der Waals surface area contributed by atoms with Gasteiger partial charge in [-0.1, -0.05) is 39.3 Å². The van der Waals surface area contributed by atoms with Crippen molar-refractivity contribution in [2.45, 2.75) is 30.1 Å². The van der Waals surface area contributed by atoms with Gasteiger partial charge in [-0.05, 0) is 48.7 Å². The molecule has 134 valence electrons. The Labute approximate surface area is 159 Å². The number of aromatic nitrogens is 2. The highest BCUT2D eigenvalue weighted by Crippen LogP contribution is 2.38. The number of halogens is 1. The van der Waals surface area contributed by atoms with E-state index in [1.165, 1.54) is 0 Å². The molecule has 2 aromatic carbocycles. The van der Waals surface area contributed by atoms with E-state index in [-0.39, 0.29) is 4.90 Å². The predicted molar refractivity (Wildman–Crippen MR) is 100 cm³/mol. The normalized spacial score (nSPS) is 14.3. The van der Waals surface area contributed by atoms with Gasteiger partial charge in [0.2, 0.25) is 5.89 Å². The van der Waals surface area contributed by atoms with Gasteiger partial charge in [0.15, 0.2) is 5.82 Å². The first-order valence-corrected chi connectivity index (χ1v) is 10.5. The molecule has 1 aromatic heterocycles. The van der Waals surface area contributed by atoms with Crippen LogP contribution in [0.15, 0.2) is 62.4 Å². The minimum Gasteiger partial charge on any atom is -0.339 e. The van der Waals surface area contributed by atoms with Crippen LogP contribution in [0.5, 0.6) is 0 Å². The number of anilines is 1. The first-order chi connectivity index (χ1) is 12.5. The highest BCUT2D eigenvalue weighted by Gasteiger charge is 2.28. The van der Waals surface area contributed by atoms with E-state index in [9.17, 15) is 8.42 Å². The zero-order chi connectivity index (χ0) is 18.1. The maximum atomic E-state index is 12.6. The summed E-state index contributed by atoms with van der Waals surface area (Å²) in [7, 11) is -3.68. The van der Waals surface area contributed by atoms with Crippen molar-refractivity contribution in [2.24, 2.45) is 0 Å². The average molecular weight is 434 g/mol. The van der Waals surface area contributed by atoms with Gasteiger partial charge >= 0.3 is 0 Å². The summed E-state index contributed by atoms with van der Waals surface area (Å²) in [5.74, 6) is 1.65. The van der Waals surface area contributed by atoms with Crippen LogP contribution in [-0.2, 0) is 16.4 Å². The van der Waals surface area contributed by atoms with Crippen LogP contribution in [0.4, 0.5) is 5.69 Å². The summed E-state index contributed by atoms with van der Waals surface area (Å²) < 4.78 is 34.1. The van der Waals surface area contributed by atoms with Crippen molar-refractivity contribution in [1.82, 2.24) is 10.1 Å². The Morgan fingerprint density at radius 2 is 1.85 bits per heavy atom. The summed E-state index contributed by atoms with van der Waals surface area (Å²) in [6.07, 6.45) is 2.57. The van der Waals surface area contributed by atoms with Crippen LogP contribution < -0.4 is 4.72 Å². The minimum absolute atomic E-state index is 0.198. The standard InChI is InChI=1S/C18H16BrN3O3S/c19-14-7-9-15(10-8-14)26(23,24)22-16-4-2-1-3-13(16)11-17-20-18(21-25-17)12-5-6-12/h1-4,7-10,12,22H,5-6,11H2. The lowest BCUT2D eigenvalue weighted by Gasteiger charge is -2.11. The highest BCUT2D eigenvalue weighted by atomic mass is 79.9. The van der Waals surface area contributed by atoms with Gasteiger partial charge in [-0.2, -0.15) is 4.98 Å². The molecule has 0 saturated heterocycles. The average Bonchev–Trinajstić information content (AvgIpc) is 3.36. The summed E-state index contributed by atoms with van der Waals surface area (Å²) in [4.78, 5) is 4.61. The summed E-state index contributed by atoms with van der Waals surface area (Å²) >= 11 is 3.31. The molecule has 1 aliphatic carbocycles. The monoisotopic (exact) mass is 433 g/mol. The van der Waals surface area contributed by atoms with Crippen LogP contribution in [0.25, 0.3) is 0 Å². The molecule has 0 atom stereocenters. The minimum atomic E-state index is -3.68. The van der Waals surface area contributed by atoms with Crippen LogP contribution >= 0.6 is 15.9 Å². The molecule has 0 spiro atoms. The summed E-state index contributed by atoms with van der Waals surface area (Å²) in [5, 5.41) is 4.01. The maximum Gasteiger partial charge on any atom is 0.261 e. The van der Waals surface area contributed by atoms with E-state index in [1.807, 2.05) is 12.1 Å². The van der Waals surface area contributed by atoms with Crippen molar-refractivity contribution in [3.63, 3.8) is 0 Å². The molecule has 1 fully saturated rings. The molecule has 0 aliphatic heterocycles. The Balaban J connectivity index is 1.57. The third kappa shape index (κ3) is 3.81. The molecule has 8 heteroatoms. The molecule has 0 radical (unpaired) electrons. The molecule has 6 nitrogen and oxygen atoms in total. The first kappa shape index (κ1) is 17.2. The van der Waals surface area contributed by atoms with Crippen molar-refractivity contribution in [1.29, 1.82) is 0 Å². The SMILES string of the molecule is O=S(=O)(Nc1ccccc1Cc1nc(C2CC2)no1)c1ccc(Br)cc1. The van der Waals surface area contributed by atoms with Crippen molar-refractivity contribution in [3.05, 3.63) is 70.3 Å². The Morgan fingerprint density at radius 3 is 2.58 bits per heavy atom. The Hall–Kier alpha value is -2.19. The van der Waals surface area contributed by atoms with Crippen molar-refractivity contribution >= 4 is 31.6 Å². The molecule has 26 heavy (non-hydrogen) atoms. The van der Waals surface area contributed by atoms with Crippen molar-refractivity contribution in [2.75, 3.05) is 4.72 Å². The lowest BCUT2D eigenvalue weighted by atomic mass is 10.1. The Morgan fingerprint density at radius 1 is 1.12 bits per heavy atom. The second-order valence-corrected chi connectivity index (χ2v) is 8.81. The van der Waals surface area contributed by atoms with E-state index in [2.05, 4.69) is 30.8 Å². The fraction of sp³-hybridized carbons (Fsp3) is 0.222. The molecule has 4 rings (SSSR count). The molecule has 3 aromatic rings. The van der Waals surface area contributed by atoms with Crippen molar-refractivity contribution < 1.29 is 12.9 Å². The van der Waals surface area contributed by atoms with Gasteiger partial charge in [-0.25, -0.2) is 8.42 Å². The fourth-order valence-corrected chi connectivity index (χ4v) is 3.97. The quantitative estimate of drug-likeness (QED) is 0.632. The number of nitrogens with zero attached hydrogens (tertiary/aromatic N) is 2. The Kier molecular flexibility index (Phi) is 4.54. The molecular formula is C18H16BrN3O3S. The van der Waals surface area contributed by atoms with Gasteiger partial charge in [0.05, 0.1) is 17.0 Å². The number of sulfonamides is 1. The van der Waals surface area contributed by atoms with Crippen LogP contribution in [-0.4, -0.2) is 18.6 Å². The van der Waals surface area contributed by atoms with Crippen LogP contribution in [0.3, 0.4) is 0 Å². The van der Waals surface area contributed by atoms with Gasteiger partial charge in [-0.3, -0.25) is 4.72 Å². The second kappa shape index (κ2) is 6.85. The summed E-state index contributed by atoms with van der Waals surface area (Å²) in [6.45, 7) is 0. The van der Waals surface area contributed by atoms with Gasteiger partial charge < -0.3 is 4.52 Å². The third-order valence-corrected chi connectivity index (χ3v) is 6.06. The molecule has 1 N–H and O–H groups in total. The second-order valence-electron chi connectivity index (χ2n) is 6.21. The molecule has 0 amide bonds. The topological polar surface area (TPSA) is 85.1 Å². The predicted octanol–water partition coefficient (Wildman–Crippen LogP) is 4.10. The molecular weight excluding hydrogens is 418 g/mol. The highest BCUT2D eigenvalue weighted by molar-refractivity contribution is 9.10. The number of nitrogens with one attached hydrogen (secondary N) is 1. The first-order valence-electron chi connectivity index (χ1n) is 8.20. The van der Waals surface area contributed by atoms with Gasteiger partial charge in [0, 0.05) is 10.4 Å². The number of hydrogen-bond donors (Lipinski definition) is 1.